The number of rotatable bonds is 8. The van der Waals surface area contributed by atoms with Crippen LogP contribution in [-0.4, -0.2) is 57.8 Å². The van der Waals surface area contributed by atoms with E-state index in [4.69, 9.17) is 9.47 Å². The summed E-state index contributed by atoms with van der Waals surface area (Å²) in [5.74, 6) is 3.04. The van der Waals surface area contributed by atoms with Crippen LogP contribution in [0.15, 0.2) is 48.5 Å². The van der Waals surface area contributed by atoms with Crippen LogP contribution in [0.2, 0.25) is 0 Å². The number of aliphatic hydroxyl groups is 1. The van der Waals surface area contributed by atoms with Crippen LogP contribution in [-0.2, 0) is 20.9 Å². The van der Waals surface area contributed by atoms with E-state index in [1.807, 2.05) is 36.4 Å². The normalized spacial score (nSPS) is 36.8. The minimum Gasteiger partial charge on any atom is -0.392 e. The Hall–Kier alpha value is -2.98. The molecule has 0 aromatic heterocycles. The molecule has 7 aliphatic rings. The fraction of sp³-hybridized carbons (Fsp3) is 0.682. The van der Waals surface area contributed by atoms with Gasteiger partial charge in [0.15, 0.2) is 6.29 Å². The Labute approximate surface area is 316 Å². The second kappa shape index (κ2) is 14.9. The summed E-state index contributed by atoms with van der Waals surface area (Å²) in [7, 11) is 0. The van der Waals surface area contributed by atoms with Crippen molar-refractivity contribution in [2.45, 2.75) is 153 Å². The van der Waals surface area contributed by atoms with E-state index in [2.05, 4.69) is 60.7 Å². The predicted octanol–water partition coefficient (Wildman–Crippen LogP) is 8.00. The van der Waals surface area contributed by atoms with E-state index in [0.717, 1.165) is 78.7 Å². The molecule has 7 atom stereocenters. The number of amides is 3. The number of likely N-dealkylation sites (tertiary alicyclic amines) is 1. The minimum absolute atomic E-state index is 0.00774. The average Bonchev–Trinajstić information content (AvgIpc) is 3.11. The van der Waals surface area contributed by atoms with Crippen molar-refractivity contribution in [2.24, 2.45) is 29.6 Å². The molecular formula is C44H62N4O5. The lowest BCUT2D eigenvalue weighted by Gasteiger charge is -2.56. The van der Waals surface area contributed by atoms with Crippen LogP contribution in [0, 0.1) is 29.6 Å². The third-order valence-corrected chi connectivity index (χ3v) is 13.7. The molecule has 9 nitrogen and oxygen atoms in total. The fourth-order valence-electron chi connectivity index (χ4n) is 11.7. The molecule has 2 heterocycles. The molecule has 0 spiro atoms. The third kappa shape index (κ3) is 8.05. The van der Waals surface area contributed by atoms with Crippen molar-refractivity contribution >= 4 is 17.6 Å². The van der Waals surface area contributed by atoms with E-state index in [1.54, 1.807) is 0 Å². The molecule has 4 N–H and O–H groups in total. The first kappa shape index (κ1) is 37.0. The molecule has 4 bridgehead atoms. The van der Waals surface area contributed by atoms with Gasteiger partial charge < -0.3 is 30.5 Å². The van der Waals surface area contributed by atoms with Crippen LogP contribution < -0.4 is 16.0 Å². The smallest absolute Gasteiger partial charge is 0.319 e. The van der Waals surface area contributed by atoms with Crippen molar-refractivity contribution in [1.29, 1.82) is 0 Å². The molecule has 9 rings (SSSR count). The van der Waals surface area contributed by atoms with Crippen LogP contribution in [0.25, 0.3) is 0 Å². The zero-order chi connectivity index (χ0) is 36.9. The van der Waals surface area contributed by atoms with E-state index < -0.39 is 6.29 Å². The summed E-state index contributed by atoms with van der Waals surface area (Å²) in [6.45, 7) is 9.01. The molecule has 5 aliphatic carbocycles. The molecule has 2 aromatic rings. The van der Waals surface area contributed by atoms with Gasteiger partial charge in [-0.1, -0.05) is 56.2 Å². The quantitative estimate of drug-likeness (QED) is 0.220. The number of carbonyl (C=O) groups excluding carboxylic acids is 2. The van der Waals surface area contributed by atoms with Crippen LogP contribution in [0.1, 0.15) is 134 Å². The topological polar surface area (TPSA) is 112 Å². The Kier molecular flexibility index (Phi) is 10.4. The average molecular weight is 727 g/mol. The highest BCUT2D eigenvalue weighted by Crippen LogP contribution is 2.55. The molecule has 2 aromatic carbocycles. The number of anilines is 1. The van der Waals surface area contributed by atoms with E-state index in [9.17, 15) is 14.7 Å². The van der Waals surface area contributed by atoms with Crippen LogP contribution in [0.3, 0.4) is 0 Å². The number of fused-ring (bicyclic) bond motifs is 1. The van der Waals surface area contributed by atoms with Gasteiger partial charge in [0, 0.05) is 40.8 Å². The lowest BCUT2D eigenvalue weighted by molar-refractivity contribution is -0.278. The minimum atomic E-state index is -0.623. The van der Waals surface area contributed by atoms with E-state index in [-0.39, 0.29) is 53.8 Å². The SMILES string of the molecule is C[C@H]1[C@@H](CN2[C@@H](C(=O)NC(C)(C)C)CC[C@H]3CCCC[C@H]32)O[C@@H](c2ccc(NC(=O)NC34CC5CC(CC(C5)C3)C4)cc2)O[C@H]1c1ccc(CO)cc1. The van der Waals surface area contributed by atoms with E-state index in [1.165, 1.54) is 38.5 Å². The number of ether oxygens (including phenoxy) is 2. The standard InChI is InChI=1S/C44H62N4O5/c1-27-38(25-48-36-8-6-5-7-32(36)15-18-37(48)40(50)46-43(2,3)4)52-41(53-39(27)33-11-9-28(26-49)10-12-33)34-13-16-35(17-14-34)45-42(51)47-44-22-29-19-30(23-44)21-31(20-29)24-44/h9-14,16-17,27,29-32,36-39,41,49H,5-8,15,18-26H2,1-4H3,(H,46,50)(H2,45,47,51)/t27-,29?,30?,31?,32+,36+,37+,38+,39+,41+,44?/m0/s1. The van der Waals surface area contributed by atoms with Gasteiger partial charge in [-0.15, -0.1) is 0 Å². The maximum Gasteiger partial charge on any atom is 0.319 e. The Bertz CT molecular complexity index is 1570. The Morgan fingerprint density at radius 1 is 0.849 bits per heavy atom. The number of benzene rings is 2. The molecular weight excluding hydrogens is 665 g/mol. The number of carbonyl (C=O) groups is 2. The second-order valence-corrected chi connectivity index (χ2v) is 18.9. The molecule has 288 valence electrons. The number of nitrogens with zero attached hydrogens (tertiary/aromatic N) is 1. The number of nitrogens with one attached hydrogen (secondary N) is 3. The summed E-state index contributed by atoms with van der Waals surface area (Å²) in [4.78, 5) is 29.7. The van der Waals surface area contributed by atoms with Crippen molar-refractivity contribution in [1.82, 2.24) is 15.5 Å². The summed E-state index contributed by atoms with van der Waals surface area (Å²) in [6.07, 6.45) is 13.1. The van der Waals surface area contributed by atoms with Crippen molar-refractivity contribution in [2.75, 3.05) is 11.9 Å². The van der Waals surface area contributed by atoms with Crippen LogP contribution in [0.4, 0.5) is 10.5 Å². The Morgan fingerprint density at radius 2 is 1.49 bits per heavy atom. The highest BCUT2D eigenvalue weighted by atomic mass is 16.7. The van der Waals surface area contributed by atoms with Gasteiger partial charge >= 0.3 is 6.03 Å². The predicted molar refractivity (Wildman–Crippen MR) is 206 cm³/mol. The molecule has 7 fully saturated rings. The number of aliphatic hydroxyl groups excluding tert-OH is 1. The van der Waals surface area contributed by atoms with Crippen molar-refractivity contribution in [3.05, 3.63) is 65.2 Å². The van der Waals surface area contributed by atoms with Gasteiger partial charge in [0.1, 0.15) is 0 Å². The second-order valence-electron chi connectivity index (χ2n) is 18.9. The molecule has 9 heteroatoms. The zero-order valence-electron chi connectivity index (χ0n) is 32.3. The largest absolute Gasteiger partial charge is 0.392 e. The highest BCUT2D eigenvalue weighted by Gasteiger charge is 2.52. The van der Waals surface area contributed by atoms with Gasteiger partial charge in [-0.25, -0.2) is 4.79 Å². The summed E-state index contributed by atoms with van der Waals surface area (Å²) in [5, 5.41) is 19.6. The molecule has 0 unspecified atom stereocenters. The number of hydrogen-bond donors (Lipinski definition) is 4. The summed E-state index contributed by atoms with van der Waals surface area (Å²) < 4.78 is 13.7. The molecule has 0 radical (unpaired) electrons. The molecule has 53 heavy (non-hydrogen) atoms. The summed E-state index contributed by atoms with van der Waals surface area (Å²) in [5.41, 5.74) is 3.20. The van der Waals surface area contributed by atoms with E-state index >= 15 is 0 Å². The van der Waals surface area contributed by atoms with Crippen molar-refractivity contribution in [3.8, 4) is 0 Å². The number of urea groups is 1. The van der Waals surface area contributed by atoms with Gasteiger partial charge in [0.25, 0.3) is 0 Å². The fourth-order valence-corrected chi connectivity index (χ4v) is 11.7. The zero-order valence-corrected chi connectivity index (χ0v) is 32.3. The lowest BCUT2D eigenvalue weighted by atomic mass is 9.53. The molecule has 5 saturated carbocycles. The van der Waals surface area contributed by atoms with E-state index in [0.29, 0.717) is 18.5 Å². The van der Waals surface area contributed by atoms with Gasteiger partial charge in [-0.05, 0) is 132 Å². The maximum atomic E-state index is 13.9. The molecule has 2 aliphatic heterocycles. The van der Waals surface area contributed by atoms with Crippen molar-refractivity contribution in [3.63, 3.8) is 0 Å². The van der Waals surface area contributed by atoms with Crippen LogP contribution >= 0.6 is 0 Å². The summed E-state index contributed by atoms with van der Waals surface area (Å²) >= 11 is 0. The van der Waals surface area contributed by atoms with Crippen molar-refractivity contribution < 1.29 is 24.2 Å². The first-order valence-electron chi connectivity index (χ1n) is 20.7. The Balaban J connectivity index is 1.01. The lowest BCUT2D eigenvalue weighted by Crippen LogP contribution is -2.61. The van der Waals surface area contributed by atoms with Gasteiger partial charge in [0.2, 0.25) is 5.91 Å². The monoisotopic (exact) mass is 726 g/mol. The number of hydrogen-bond acceptors (Lipinski definition) is 6. The third-order valence-electron chi connectivity index (χ3n) is 13.7. The molecule has 2 saturated heterocycles. The summed E-state index contributed by atoms with van der Waals surface area (Å²) in [6, 6.07) is 16.0. The van der Waals surface area contributed by atoms with Gasteiger partial charge in [-0.2, -0.15) is 0 Å². The highest BCUT2D eigenvalue weighted by molar-refractivity contribution is 5.89. The molecule has 3 amide bonds. The van der Waals surface area contributed by atoms with Gasteiger partial charge in [0.05, 0.1) is 24.9 Å². The van der Waals surface area contributed by atoms with Crippen LogP contribution in [0.5, 0.6) is 0 Å². The first-order chi connectivity index (χ1) is 25.4. The first-order valence-corrected chi connectivity index (χ1v) is 20.7. The van der Waals surface area contributed by atoms with Gasteiger partial charge in [-0.3, -0.25) is 9.69 Å². The Morgan fingerprint density at radius 3 is 2.13 bits per heavy atom. The number of piperidine rings is 1. The maximum absolute atomic E-state index is 13.9.